The second-order valence-electron chi connectivity index (χ2n) is 5.66. The van der Waals surface area contributed by atoms with Crippen LogP contribution >= 0.6 is 12.2 Å². The lowest BCUT2D eigenvalue weighted by Gasteiger charge is -2.18. The maximum atomic E-state index is 12.3. The van der Waals surface area contributed by atoms with E-state index in [1.165, 1.54) is 7.05 Å². The average molecular weight is 388 g/mol. The summed E-state index contributed by atoms with van der Waals surface area (Å²) in [5.41, 5.74) is 0.774. The quantitative estimate of drug-likeness (QED) is 0.739. The minimum absolute atomic E-state index is 0.0192. The largest absolute Gasteiger partial charge is 0.497 e. The number of aromatic nitrogens is 3. The van der Waals surface area contributed by atoms with Crippen molar-refractivity contribution in [2.45, 2.75) is 25.6 Å². The fraction of sp³-hybridized carbons (Fsp3) is 0.438. The third-order valence-corrected chi connectivity index (χ3v) is 4.12. The number of carbonyl (C=O) groups excluding carboxylic acids is 1. The fourth-order valence-corrected chi connectivity index (χ4v) is 2.53. The van der Waals surface area contributed by atoms with Gasteiger partial charge in [-0.25, -0.2) is 0 Å². The molecule has 0 saturated heterocycles. The molecule has 6 nitrogen and oxygen atoms in total. The minimum atomic E-state index is -4.29. The molecule has 1 amide bonds. The fourth-order valence-electron chi connectivity index (χ4n) is 2.30. The molecule has 26 heavy (non-hydrogen) atoms. The van der Waals surface area contributed by atoms with E-state index in [2.05, 4.69) is 10.2 Å². The number of H-pyrrole nitrogens is 1. The molecule has 0 bridgehead atoms. The van der Waals surface area contributed by atoms with E-state index in [1.807, 2.05) is 0 Å². The van der Waals surface area contributed by atoms with E-state index in [0.717, 1.165) is 10.5 Å². The second kappa shape index (κ2) is 8.35. The number of amides is 1. The number of hydrogen-bond acceptors (Lipinski definition) is 4. The molecule has 1 aromatic carbocycles. The van der Waals surface area contributed by atoms with E-state index in [-0.39, 0.29) is 19.5 Å². The second-order valence-corrected chi connectivity index (χ2v) is 6.05. The number of benzene rings is 1. The SMILES string of the molecule is COc1ccc(-c2n[nH]c(=S)n2CCC(=O)N(C)CCC(F)(F)F)cc1. The number of hydrogen-bond donors (Lipinski definition) is 1. The zero-order valence-corrected chi connectivity index (χ0v) is 15.2. The molecule has 1 N–H and O–H groups in total. The standard InChI is InChI=1S/C16H19F3N4O2S/c1-22(10-8-16(17,18)19)13(24)7-9-23-14(20-21-15(23)26)11-3-5-12(25-2)6-4-11/h3-6H,7-10H2,1-2H3,(H,21,26). The van der Waals surface area contributed by atoms with Gasteiger partial charge >= 0.3 is 6.18 Å². The van der Waals surface area contributed by atoms with Gasteiger partial charge in [-0.1, -0.05) is 0 Å². The lowest BCUT2D eigenvalue weighted by molar-refractivity contribution is -0.144. The highest BCUT2D eigenvalue weighted by molar-refractivity contribution is 7.71. The molecule has 0 fully saturated rings. The molecule has 1 aromatic heterocycles. The van der Waals surface area contributed by atoms with Crippen molar-refractivity contribution >= 4 is 18.1 Å². The molecule has 0 aliphatic rings. The Morgan fingerprint density at radius 2 is 2.00 bits per heavy atom. The summed E-state index contributed by atoms with van der Waals surface area (Å²) in [4.78, 5) is 13.1. The Kier molecular flexibility index (Phi) is 6.41. The molecule has 0 atom stereocenters. The van der Waals surface area contributed by atoms with Gasteiger partial charge in [0.05, 0.1) is 13.5 Å². The summed E-state index contributed by atoms with van der Waals surface area (Å²) >= 11 is 5.19. The number of ether oxygens (including phenoxy) is 1. The highest BCUT2D eigenvalue weighted by atomic mass is 32.1. The van der Waals surface area contributed by atoms with E-state index in [1.54, 1.807) is 35.9 Å². The molecule has 1 heterocycles. The first-order valence-electron chi connectivity index (χ1n) is 7.81. The van der Waals surface area contributed by atoms with Crippen LogP contribution in [-0.2, 0) is 11.3 Å². The molecule has 10 heteroatoms. The van der Waals surface area contributed by atoms with E-state index in [0.29, 0.717) is 16.3 Å². The normalized spacial score (nSPS) is 11.4. The monoisotopic (exact) mass is 388 g/mol. The Labute approximate surface area is 153 Å². The van der Waals surface area contributed by atoms with Crippen molar-refractivity contribution in [2.75, 3.05) is 20.7 Å². The maximum Gasteiger partial charge on any atom is 0.390 e. The molecule has 0 aliphatic heterocycles. The molecule has 142 valence electrons. The smallest absolute Gasteiger partial charge is 0.390 e. The highest BCUT2D eigenvalue weighted by Gasteiger charge is 2.28. The van der Waals surface area contributed by atoms with Gasteiger partial charge in [-0.2, -0.15) is 18.3 Å². The van der Waals surface area contributed by atoms with Crippen LogP contribution in [0.25, 0.3) is 11.4 Å². The number of methoxy groups -OCH3 is 1. The van der Waals surface area contributed by atoms with Crippen molar-refractivity contribution in [3.63, 3.8) is 0 Å². The first-order valence-corrected chi connectivity index (χ1v) is 8.22. The van der Waals surface area contributed by atoms with Crippen molar-refractivity contribution in [2.24, 2.45) is 0 Å². The van der Waals surface area contributed by atoms with Gasteiger partial charge < -0.3 is 9.64 Å². The Hall–Kier alpha value is -2.36. The number of alkyl halides is 3. The van der Waals surface area contributed by atoms with E-state index in [4.69, 9.17) is 17.0 Å². The highest BCUT2D eigenvalue weighted by Crippen LogP contribution is 2.22. The Morgan fingerprint density at radius 1 is 1.35 bits per heavy atom. The molecule has 0 radical (unpaired) electrons. The maximum absolute atomic E-state index is 12.3. The van der Waals surface area contributed by atoms with Crippen LogP contribution in [0.2, 0.25) is 0 Å². The van der Waals surface area contributed by atoms with Gasteiger partial charge in [0, 0.05) is 32.1 Å². The van der Waals surface area contributed by atoms with Crippen molar-refractivity contribution in [3.8, 4) is 17.1 Å². The zero-order chi connectivity index (χ0) is 19.3. The van der Waals surface area contributed by atoms with Gasteiger partial charge in [0.25, 0.3) is 0 Å². The number of nitrogens with zero attached hydrogens (tertiary/aromatic N) is 3. The average Bonchev–Trinajstić information content (AvgIpc) is 2.97. The summed E-state index contributed by atoms with van der Waals surface area (Å²) in [5.74, 6) is 0.845. The summed E-state index contributed by atoms with van der Waals surface area (Å²) in [5, 5.41) is 6.84. The van der Waals surface area contributed by atoms with Crippen molar-refractivity contribution < 1.29 is 22.7 Å². The van der Waals surface area contributed by atoms with Gasteiger partial charge in [0.2, 0.25) is 5.91 Å². The predicted octanol–water partition coefficient (Wildman–Crippen LogP) is 3.42. The lowest BCUT2D eigenvalue weighted by Crippen LogP contribution is -2.31. The van der Waals surface area contributed by atoms with Gasteiger partial charge in [-0.15, -0.1) is 0 Å². The van der Waals surface area contributed by atoms with Crippen LogP contribution in [0, 0.1) is 4.77 Å². The summed E-state index contributed by atoms with van der Waals surface area (Å²) in [7, 11) is 2.92. The Bertz CT molecular complexity index is 799. The third-order valence-electron chi connectivity index (χ3n) is 3.81. The van der Waals surface area contributed by atoms with Gasteiger partial charge in [-0.05, 0) is 36.5 Å². The predicted molar refractivity (Wildman–Crippen MR) is 92.3 cm³/mol. The number of aromatic amines is 1. The number of nitrogens with one attached hydrogen (secondary N) is 1. The molecule has 2 rings (SSSR count). The van der Waals surface area contributed by atoms with Gasteiger partial charge in [0.15, 0.2) is 10.6 Å². The zero-order valence-electron chi connectivity index (χ0n) is 14.3. The van der Waals surface area contributed by atoms with Crippen molar-refractivity contribution in [3.05, 3.63) is 29.0 Å². The Balaban J connectivity index is 2.04. The lowest BCUT2D eigenvalue weighted by atomic mass is 10.2. The molecule has 0 aliphatic carbocycles. The Morgan fingerprint density at radius 3 is 2.58 bits per heavy atom. The van der Waals surface area contributed by atoms with Crippen molar-refractivity contribution in [1.82, 2.24) is 19.7 Å². The molecule has 2 aromatic rings. The van der Waals surface area contributed by atoms with Gasteiger partial charge in [0.1, 0.15) is 5.75 Å². The van der Waals surface area contributed by atoms with Crippen molar-refractivity contribution in [1.29, 1.82) is 0 Å². The summed E-state index contributed by atoms with van der Waals surface area (Å²) in [6.07, 6.45) is -5.30. The van der Waals surface area contributed by atoms with Gasteiger partial charge in [-0.3, -0.25) is 14.5 Å². The number of rotatable bonds is 7. The third kappa shape index (κ3) is 5.32. The minimum Gasteiger partial charge on any atom is -0.497 e. The topological polar surface area (TPSA) is 63.1 Å². The molecular formula is C16H19F3N4O2S. The van der Waals surface area contributed by atoms with Crippen LogP contribution in [0.5, 0.6) is 5.75 Å². The first-order chi connectivity index (χ1) is 12.2. The van der Waals surface area contributed by atoms with E-state index in [9.17, 15) is 18.0 Å². The molecule has 0 saturated carbocycles. The van der Waals surface area contributed by atoms with Crippen LogP contribution in [0.15, 0.2) is 24.3 Å². The summed E-state index contributed by atoms with van der Waals surface area (Å²) in [6.45, 7) is -0.156. The number of halogens is 3. The summed E-state index contributed by atoms with van der Waals surface area (Å²) < 4.78 is 43.9. The number of carbonyl (C=O) groups is 1. The molecule has 0 unspecified atom stereocenters. The van der Waals surface area contributed by atoms with Crippen LogP contribution in [0.4, 0.5) is 13.2 Å². The van der Waals surface area contributed by atoms with Crippen LogP contribution < -0.4 is 4.74 Å². The van der Waals surface area contributed by atoms with Crippen LogP contribution in [-0.4, -0.2) is 52.5 Å². The summed E-state index contributed by atoms with van der Waals surface area (Å²) in [6, 6.07) is 7.15. The first kappa shape index (κ1) is 20.0. The molecular weight excluding hydrogens is 369 g/mol. The molecule has 0 spiro atoms. The van der Waals surface area contributed by atoms with E-state index >= 15 is 0 Å². The van der Waals surface area contributed by atoms with E-state index < -0.39 is 18.5 Å². The van der Waals surface area contributed by atoms with Crippen LogP contribution in [0.3, 0.4) is 0 Å². The van der Waals surface area contributed by atoms with Crippen LogP contribution in [0.1, 0.15) is 12.8 Å².